The minimum absolute atomic E-state index is 0.136. The first-order chi connectivity index (χ1) is 6.56. The molecule has 4 heteroatoms. The predicted molar refractivity (Wildman–Crippen MR) is 60.1 cm³/mol. The summed E-state index contributed by atoms with van der Waals surface area (Å²) in [5.41, 5.74) is -0.136. The number of hydrogen-bond donors (Lipinski definition) is 1. The number of nitrogens with zero attached hydrogens (tertiary/aromatic N) is 1. The van der Waals surface area contributed by atoms with Crippen molar-refractivity contribution in [3.05, 3.63) is 27.4 Å². The summed E-state index contributed by atoms with van der Waals surface area (Å²) in [7, 11) is 0. The standard InChI is InChI=1S/C10H16N2OS/c1-4-7(2)8(3)12-6-5-9(13)11-10(12)14/h5-8H,4H2,1-3H3,(H,11,13,14). The molecule has 1 aromatic heterocycles. The van der Waals surface area contributed by atoms with Crippen LogP contribution in [-0.2, 0) is 0 Å². The molecule has 0 spiro atoms. The van der Waals surface area contributed by atoms with Crippen LogP contribution in [0.25, 0.3) is 0 Å². The number of nitrogens with one attached hydrogen (secondary N) is 1. The van der Waals surface area contributed by atoms with E-state index >= 15 is 0 Å². The van der Waals surface area contributed by atoms with Gasteiger partial charge in [0.05, 0.1) is 0 Å². The van der Waals surface area contributed by atoms with Crippen LogP contribution >= 0.6 is 12.2 Å². The molecule has 1 aromatic rings. The summed E-state index contributed by atoms with van der Waals surface area (Å²) in [5.74, 6) is 0.549. The molecule has 0 saturated heterocycles. The molecule has 1 rings (SSSR count). The Balaban J connectivity index is 3.08. The van der Waals surface area contributed by atoms with E-state index in [1.807, 2.05) is 4.57 Å². The lowest BCUT2D eigenvalue weighted by Crippen LogP contribution is -2.18. The molecule has 1 heterocycles. The zero-order chi connectivity index (χ0) is 10.7. The van der Waals surface area contributed by atoms with Crippen molar-refractivity contribution in [3.63, 3.8) is 0 Å². The first-order valence-electron chi connectivity index (χ1n) is 4.87. The third-order valence-corrected chi connectivity index (χ3v) is 3.07. The van der Waals surface area contributed by atoms with Gasteiger partial charge < -0.3 is 4.57 Å². The van der Waals surface area contributed by atoms with Gasteiger partial charge in [-0.1, -0.05) is 20.3 Å². The van der Waals surface area contributed by atoms with E-state index in [2.05, 4.69) is 25.8 Å². The lowest BCUT2D eigenvalue weighted by molar-refractivity contribution is 0.362. The minimum atomic E-state index is -0.136. The summed E-state index contributed by atoms with van der Waals surface area (Å²) in [6, 6.07) is 1.83. The second-order valence-corrected chi connectivity index (χ2v) is 4.03. The predicted octanol–water partition coefficient (Wildman–Crippen LogP) is 2.51. The third kappa shape index (κ3) is 2.32. The highest BCUT2D eigenvalue weighted by Gasteiger charge is 2.11. The van der Waals surface area contributed by atoms with Gasteiger partial charge in [-0.05, 0) is 25.1 Å². The minimum Gasteiger partial charge on any atom is -0.322 e. The van der Waals surface area contributed by atoms with E-state index < -0.39 is 0 Å². The topological polar surface area (TPSA) is 37.8 Å². The molecular weight excluding hydrogens is 196 g/mol. The molecule has 0 aliphatic carbocycles. The molecule has 0 aromatic carbocycles. The van der Waals surface area contributed by atoms with Crippen LogP contribution in [0.15, 0.2) is 17.1 Å². The van der Waals surface area contributed by atoms with Crippen LogP contribution < -0.4 is 5.56 Å². The Kier molecular flexibility index (Phi) is 3.63. The summed E-state index contributed by atoms with van der Waals surface area (Å²) in [4.78, 5) is 13.6. The summed E-state index contributed by atoms with van der Waals surface area (Å²) in [5, 5.41) is 0. The van der Waals surface area contributed by atoms with Gasteiger partial charge in [-0.15, -0.1) is 0 Å². The highest BCUT2D eigenvalue weighted by atomic mass is 32.1. The van der Waals surface area contributed by atoms with Gasteiger partial charge in [-0.3, -0.25) is 9.78 Å². The summed E-state index contributed by atoms with van der Waals surface area (Å²) < 4.78 is 2.44. The Morgan fingerprint density at radius 2 is 2.21 bits per heavy atom. The van der Waals surface area contributed by atoms with Gasteiger partial charge in [0, 0.05) is 18.3 Å². The lowest BCUT2D eigenvalue weighted by atomic mass is 10.0. The Hall–Kier alpha value is -0.900. The van der Waals surface area contributed by atoms with Crippen LogP contribution in [0.2, 0.25) is 0 Å². The molecule has 0 radical (unpaired) electrons. The maximum atomic E-state index is 11.0. The van der Waals surface area contributed by atoms with E-state index in [0.29, 0.717) is 16.7 Å². The maximum absolute atomic E-state index is 11.0. The summed E-state index contributed by atoms with van der Waals surface area (Å²) >= 11 is 5.09. The normalized spacial score (nSPS) is 15.1. The Morgan fingerprint density at radius 1 is 1.57 bits per heavy atom. The first kappa shape index (κ1) is 11.2. The Bertz CT molecular complexity index is 407. The van der Waals surface area contributed by atoms with Crippen LogP contribution in [0.1, 0.15) is 33.2 Å². The van der Waals surface area contributed by atoms with Crippen molar-refractivity contribution in [2.24, 2.45) is 5.92 Å². The van der Waals surface area contributed by atoms with Crippen LogP contribution in [0.4, 0.5) is 0 Å². The van der Waals surface area contributed by atoms with Crippen LogP contribution in [-0.4, -0.2) is 9.55 Å². The van der Waals surface area contributed by atoms with Crippen molar-refractivity contribution in [2.45, 2.75) is 33.2 Å². The lowest BCUT2D eigenvalue weighted by Gasteiger charge is -2.21. The average Bonchev–Trinajstić information content (AvgIpc) is 2.15. The highest BCUT2D eigenvalue weighted by Crippen LogP contribution is 2.19. The van der Waals surface area contributed by atoms with Crippen molar-refractivity contribution < 1.29 is 0 Å². The number of H-pyrrole nitrogens is 1. The zero-order valence-electron chi connectivity index (χ0n) is 8.78. The number of hydrogen-bond acceptors (Lipinski definition) is 2. The number of rotatable bonds is 3. The van der Waals surface area contributed by atoms with Gasteiger partial charge in [0.2, 0.25) is 0 Å². The first-order valence-corrected chi connectivity index (χ1v) is 5.28. The van der Waals surface area contributed by atoms with Gasteiger partial charge in [0.15, 0.2) is 4.77 Å². The Morgan fingerprint density at radius 3 is 2.71 bits per heavy atom. The van der Waals surface area contributed by atoms with Gasteiger partial charge in [0.25, 0.3) is 5.56 Å². The molecule has 0 aliphatic rings. The smallest absolute Gasteiger partial charge is 0.251 e. The fraction of sp³-hybridized carbons (Fsp3) is 0.600. The largest absolute Gasteiger partial charge is 0.322 e. The van der Waals surface area contributed by atoms with Crippen molar-refractivity contribution in [1.82, 2.24) is 9.55 Å². The van der Waals surface area contributed by atoms with Crippen molar-refractivity contribution >= 4 is 12.2 Å². The third-order valence-electron chi connectivity index (χ3n) is 2.76. The molecule has 1 N–H and O–H groups in total. The molecule has 2 atom stereocenters. The maximum Gasteiger partial charge on any atom is 0.251 e. The molecule has 0 fully saturated rings. The number of aromatic nitrogens is 2. The van der Waals surface area contributed by atoms with Crippen molar-refractivity contribution in [3.8, 4) is 0 Å². The van der Waals surface area contributed by atoms with Gasteiger partial charge in [0.1, 0.15) is 0 Å². The second kappa shape index (κ2) is 4.55. The van der Waals surface area contributed by atoms with Gasteiger partial charge in [-0.2, -0.15) is 0 Å². The van der Waals surface area contributed by atoms with Crippen molar-refractivity contribution in [2.75, 3.05) is 0 Å². The molecule has 0 amide bonds. The van der Waals surface area contributed by atoms with Crippen LogP contribution in [0, 0.1) is 10.7 Å². The zero-order valence-corrected chi connectivity index (χ0v) is 9.60. The average molecular weight is 212 g/mol. The molecule has 14 heavy (non-hydrogen) atoms. The number of aromatic amines is 1. The molecule has 3 nitrogen and oxygen atoms in total. The summed E-state index contributed by atoms with van der Waals surface area (Å²) in [6.45, 7) is 6.44. The van der Waals surface area contributed by atoms with Crippen LogP contribution in [0.3, 0.4) is 0 Å². The Labute approximate surface area is 88.8 Å². The van der Waals surface area contributed by atoms with E-state index in [4.69, 9.17) is 12.2 Å². The van der Waals surface area contributed by atoms with Crippen LogP contribution in [0.5, 0.6) is 0 Å². The molecule has 0 aliphatic heterocycles. The van der Waals surface area contributed by atoms with E-state index in [-0.39, 0.29) is 5.56 Å². The van der Waals surface area contributed by atoms with Crippen molar-refractivity contribution in [1.29, 1.82) is 0 Å². The molecule has 0 bridgehead atoms. The van der Waals surface area contributed by atoms with E-state index in [0.717, 1.165) is 6.42 Å². The second-order valence-electron chi connectivity index (χ2n) is 3.64. The highest BCUT2D eigenvalue weighted by molar-refractivity contribution is 7.71. The van der Waals surface area contributed by atoms with E-state index in [9.17, 15) is 4.79 Å². The van der Waals surface area contributed by atoms with E-state index in [1.165, 1.54) is 6.07 Å². The molecule has 2 unspecified atom stereocenters. The quantitative estimate of drug-likeness (QED) is 0.782. The summed E-state index contributed by atoms with van der Waals surface area (Å²) in [6.07, 6.45) is 2.86. The monoisotopic (exact) mass is 212 g/mol. The van der Waals surface area contributed by atoms with Gasteiger partial charge in [-0.25, -0.2) is 0 Å². The fourth-order valence-electron chi connectivity index (χ4n) is 1.36. The van der Waals surface area contributed by atoms with Gasteiger partial charge >= 0.3 is 0 Å². The van der Waals surface area contributed by atoms with E-state index in [1.54, 1.807) is 6.20 Å². The molecular formula is C10H16N2OS. The molecule has 0 saturated carbocycles. The fourth-order valence-corrected chi connectivity index (χ4v) is 1.69. The SMILES string of the molecule is CCC(C)C(C)n1ccc(=O)[nH]c1=S. The molecule has 78 valence electrons.